The van der Waals surface area contributed by atoms with Crippen molar-refractivity contribution >= 4 is 0 Å². The molecule has 0 radical (unpaired) electrons. The van der Waals surface area contributed by atoms with E-state index in [0.29, 0.717) is 17.9 Å². The molecule has 1 N–H and O–H groups in total. The third-order valence-corrected chi connectivity index (χ3v) is 3.28. The molecule has 0 bridgehead atoms. The molecule has 0 saturated heterocycles. The van der Waals surface area contributed by atoms with Crippen LogP contribution in [0.4, 0.5) is 0 Å². The molecule has 0 heterocycles. The molecular weight excluding hydrogens is 296 g/mol. The summed E-state index contributed by atoms with van der Waals surface area (Å²) in [4.78, 5) is 0. The zero-order chi connectivity index (χ0) is 16.5. The first-order valence-electron chi connectivity index (χ1n) is 7.36. The van der Waals surface area contributed by atoms with Gasteiger partial charge in [-0.05, 0) is 23.6 Å². The van der Waals surface area contributed by atoms with E-state index >= 15 is 0 Å². The lowest BCUT2D eigenvalue weighted by molar-refractivity contribution is 0.0462. The Morgan fingerprint density at radius 2 is 1.61 bits per heavy atom. The van der Waals surface area contributed by atoms with Gasteiger partial charge in [-0.1, -0.05) is 30.3 Å². The van der Waals surface area contributed by atoms with Gasteiger partial charge in [0.1, 0.15) is 11.5 Å². The highest BCUT2D eigenvalue weighted by atomic mass is 16.7. The standard InChI is InChI=1S/C18H22O5/c1-20-12-22-16-10-15(8-9-19)18(14-6-4-3-5-7-14)17(11-16)23-13-21-2/h3-7,10-11,19H,8-9,12-13H2,1-2H3. The van der Waals surface area contributed by atoms with Gasteiger partial charge in [0, 0.05) is 32.5 Å². The van der Waals surface area contributed by atoms with E-state index in [0.717, 1.165) is 16.7 Å². The van der Waals surface area contributed by atoms with Gasteiger partial charge in [-0.15, -0.1) is 0 Å². The van der Waals surface area contributed by atoms with Crippen LogP contribution in [0.3, 0.4) is 0 Å². The van der Waals surface area contributed by atoms with Crippen LogP contribution < -0.4 is 9.47 Å². The zero-order valence-electron chi connectivity index (χ0n) is 13.5. The average molecular weight is 318 g/mol. The van der Waals surface area contributed by atoms with Gasteiger partial charge in [0.2, 0.25) is 0 Å². The number of rotatable bonds is 9. The number of benzene rings is 2. The lowest BCUT2D eigenvalue weighted by atomic mass is 9.96. The third kappa shape index (κ3) is 4.69. The second kappa shape index (κ2) is 9.15. The minimum absolute atomic E-state index is 0.0390. The first kappa shape index (κ1) is 17.3. The van der Waals surface area contributed by atoms with Crippen molar-refractivity contribution in [3.05, 3.63) is 48.0 Å². The highest BCUT2D eigenvalue weighted by Crippen LogP contribution is 2.37. The molecule has 0 spiro atoms. The molecule has 2 rings (SSSR count). The maximum absolute atomic E-state index is 9.39. The second-order valence-corrected chi connectivity index (χ2v) is 4.90. The lowest BCUT2D eigenvalue weighted by Gasteiger charge is -2.17. The molecular formula is C18H22O5. The molecule has 0 saturated carbocycles. The van der Waals surface area contributed by atoms with E-state index < -0.39 is 0 Å². The molecule has 2 aromatic rings. The molecule has 2 aromatic carbocycles. The molecule has 0 fully saturated rings. The van der Waals surface area contributed by atoms with Crippen LogP contribution in [0.25, 0.3) is 11.1 Å². The Morgan fingerprint density at radius 3 is 2.26 bits per heavy atom. The van der Waals surface area contributed by atoms with E-state index in [1.54, 1.807) is 20.3 Å². The van der Waals surface area contributed by atoms with Crippen LogP contribution in [0.1, 0.15) is 5.56 Å². The number of aliphatic hydroxyl groups is 1. The summed E-state index contributed by atoms with van der Waals surface area (Å²) in [5, 5.41) is 9.39. The number of ether oxygens (including phenoxy) is 4. The van der Waals surface area contributed by atoms with Crippen molar-refractivity contribution in [1.82, 2.24) is 0 Å². The van der Waals surface area contributed by atoms with Crippen LogP contribution in [0.15, 0.2) is 42.5 Å². The molecule has 0 aromatic heterocycles. The number of hydrogen-bond donors (Lipinski definition) is 1. The van der Waals surface area contributed by atoms with Gasteiger partial charge in [-0.2, -0.15) is 0 Å². The molecule has 0 amide bonds. The van der Waals surface area contributed by atoms with Gasteiger partial charge in [0.15, 0.2) is 13.6 Å². The van der Waals surface area contributed by atoms with Crippen molar-refractivity contribution in [2.75, 3.05) is 34.4 Å². The molecule has 0 aliphatic rings. The predicted octanol–water partition coefficient (Wildman–Crippen LogP) is 2.85. The smallest absolute Gasteiger partial charge is 0.188 e. The molecule has 0 aliphatic heterocycles. The molecule has 124 valence electrons. The van der Waals surface area contributed by atoms with Crippen LogP contribution in [0.2, 0.25) is 0 Å². The Kier molecular flexibility index (Phi) is 6.87. The second-order valence-electron chi connectivity index (χ2n) is 4.90. The largest absolute Gasteiger partial charge is 0.467 e. The molecule has 0 unspecified atom stereocenters. The topological polar surface area (TPSA) is 57.2 Å². The molecule has 0 atom stereocenters. The highest BCUT2D eigenvalue weighted by Gasteiger charge is 2.15. The maximum atomic E-state index is 9.39. The van der Waals surface area contributed by atoms with E-state index in [4.69, 9.17) is 18.9 Å². The van der Waals surface area contributed by atoms with Gasteiger partial charge in [0.25, 0.3) is 0 Å². The van der Waals surface area contributed by atoms with Crippen LogP contribution in [0.5, 0.6) is 11.5 Å². The van der Waals surface area contributed by atoms with Gasteiger partial charge >= 0.3 is 0 Å². The molecule has 23 heavy (non-hydrogen) atoms. The summed E-state index contributed by atoms with van der Waals surface area (Å²) in [5.41, 5.74) is 2.89. The van der Waals surface area contributed by atoms with Crippen molar-refractivity contribution in [3.8, 4) is 22.6 Å². The van der Waals surface area contributed by atoms with E-state index in [1.807, 2.05) is 36.4 Å². The van der Waals surface area contributed by atoms with Gasteiger partial charge in [0.05, 0.1) is 0 Å². The van der Waals surface area contributed by atoms with E-state index in [1.165, 1.54) is 0 Å². The normalized spacial score (nSPS) is 10.6. The summed E-state index contributed by atoms with van der Waals surface area (Å²) in [5.74, 6) is 1.27. The quantitative estimate of drug-likeness (QED) is 0.721. The van der Waals surface area contributed by atoms with Gasteiger partial charge in [-0.3, -0.25) is 0 Å². The minimum atomic E-state index is 0.0390. The number of methoxy groups -OCH3 is 2. The summed E-state index contributed by atoms with van der Waals surface area (Å²) in [6, 6.07) is 13.6. The summed E-state index contributed by atoms with van der Waals surface area (Å²) >= 11 is 0. The van der Waals surface area contributed by atoms with Crippen molar-refractivity contribution in [2.45, 2.75) is 6.42 Å². The number of hydrogen-bond acceptors (Lipinski definition) is 5. The Bertz CT molecular complexity index is 598. The van der Waals surface area contributed by atoms with Crippen LogP contribution in [0, 0.1) is 0 Å². The highest BCUT2D eigenvalue weighted by molar-refractivity contribution is 5.75. The first-order chi connectivity index (χ1) is 11.3. The average Bonchev–Trinajstić information content (AvgIpc) is 2.59. The van der Waals surface area contributed by atoms with Gasteiger partial charge < -0.3 is 24.1 Å². The maximum Gasteiger partial charge on any atom is 0.188 e. The summed E-state index contributed by atoms with van der Waals surface area (Å²) in [6.45, 7) is 0.316. The zero-order valence-corrected chi connectivity index (χ0v) is 13.5. The number of aliphatic hydroxyl groups excluding tert-OH is 1. The minimum Gasteiger partial charge on any atom is -0.467 e. The van der Waals surface area contributed by atoms with Crippen LogP contribution in [-0.4, -0.2) is 39.5 Å². The van der Waals surface area contributed by atoms with Crippen molar-refractivity contribution in [1.29, 1.82) is 0 Å². The lowest BCUT2D eigenvalue weighted by Crippen LogP contribution is -2.05. The van der Waals surface area contributed by atoms with Crippen molar-refractivity contribution in [3.63, 3.8) is 0 Å². The summed E-state index contributed by atoms with van der Waals surface area (Å²) in [7, 11) is 3.14. The van der Waals surface area contributed by atoms with Crippen LogP contribution >= 0.6 is 0 Å². The fourth-order valence-corrected chi connectivity index (χ4v) is 2.34. The molecule has 5 nitrogen and oxygen atoms in total. The van der Waals surface area contributed by atoms with Crippen molar-refractivity contribution in [2.24, 2.45) is 0 Å². The monoisotopic (exact) mass is 318 g/mol. The van der Waals surface area contributed by atoms with Crippen LogP contribution in [-0.2, 0) is 15.9 Å². The van der Waals surface area contributed by atoms with Gasteiger partial charge in [-0.25, -0.2) is 0 Å². The fourth-order valence-electron chi connectivity index (χ4n) is 2.34. The SMILES string of the molecule is COCOc1cc(CCO)c(-c2ccccc2)c(OCOC)c1. The Labute approximate surface area is 136 Å². The Hall–Kier alpha value is -2.08. The molecule has 5 heteroatoms. The summed E-state index contributed by atoms with van der Waals surface area (Å²) < 4.78 is 21.2. The third-order valence-electron chi connectivity index (χ3n) is 3.28. The Morgan fingerprint density at radius 1 is 0.913 bits per heavy atom. The fraction of sp³-hybridized carbons (Fsp3) is 0.333. The van der Waals surface area contributed by atoms with E-state index in [9.17, 15) is 5.11 Å². The molecule has 0 aliphatic carbocycles. The van der Waals surface area contributed by atoms with E-state index in [2.05, 4.69) is 0 Å². The summed E-state index contributed by atoms with van der Waals surface area (Å²) in [6.07, 6.45) is 0.498. The van der Waals surface area contributed by atoms with E-state index in [-0.39, 0.29) is 20.2 Å². The predicted molar refractivity (Wildman–Crippen MR) is 87.7 cm³/mol. The Balaban J connectivity index is 2.50. The first-order valence-corrected chi connectivity index (χ1v) is 7.36. The van der Waals surface area contributed by atoms with Crippen molar-refractivity contribution < 1.29 is 24.1 Å².